The van der Waals surface area contributed by atoms with Gasteiger partial charge in [-0.2, -0.15) is 5.10 Å². The summed E-state index contributed by atoms with van der Waals surface area (Å²) in [4.78, 5) is 7.35. The molecule has 0 bridgehead atoms. The summed E-state index contributed by atoms with van der Waals surface area (Å²) in [7, 11) is 0. The van der Waals surface area contributed by atoms with E-state index in [1.807, 2.05) is 6.07 Å². The summed E-state index contributed by atoms with van der Waals surface area (Å²) < 4.78 is 8.06. The van der Waals surface area contributed by atoms with Crippen LogP contribution >= 0.6 is 0 Å². The highest BCUT2D eigenvalue weighted by atomic mass is 16.5. The van der Waals surface area contributed by atoms with E-state index in [0.29, 0.717) is 12.5 Å². The average molecular weight is 441 g/mol. The van der Waals surface area contributed by atoms with Crippen molar-refractivity contribution in [1.82, 2.24) is 25.3 Å². The van der Waals surface area contributed by atoms with Gasteiger partial charge in [-0.15, -0.1) is 0 Å². The van der Waals surface area contributed by atoms with Gasteiger partial charge in [0.25, 0.3) is 0 Å². The molecule has 1 saturated heterocycles. The number of hydrogen-bond acceptors (Lipinski definition) is 4. The van der Waals surface area contributed by atoms with Gasteiger partial charge in [0.2, 0.25) is 0 Å². The normalized spacial score (nSPS) is 17.7. The molecule has 7 nitrogen and oxygen atoms in total. The molecule has 1 atom stereocenters. The summed E-state index contributed by atoms with van der Waals surface area (Å²) >= 11 is 0. The summed E-state index contributed by atoms with van der Waals surface area (Å²) in [6.07, 6.45) is 0.184. The van der Waals surface area contributed by atoms with E-state index in [9.17, 15) is 0 Å². The second-order valence-electron chi connectivity index (χ2n) is 9.01. The molecule has 7 heteroatoms. The molecule has 0 saturated carbocycles. The SMILES string of the molecule is CCNC(=NCc1c(C)nn(Cc2ccccc2)c1C)NCC1CN(CC(C)C)CCO1. The molecule has 32 heavy (non-hydrogen) atoms. The third kappa shape index (κ3) is 7.07. The van der Waals surface area contributed by atoms with E-state index in [-0.39, 0.29) is 6.10 Å². The van der Waals surface area contributed by atoms with E-state index in [0.717, 1.165) is 57.5 Å². The lowest BCUT2D eigenvalue weighted by molar-refractivity contribution is -0.0284. The molecular formula is C25H40N6O. The fourth-order valence-electron chi connectivity index (χ4n) is 4.17. The van der Waals surface area contributed by atoms with Crippen molar-refractivity contribution in [1.29, 1.82) is 0 Å². The van der Waals surface area contributed by atoms with Crippen molar-refractivity contribution in [2.24, 2.45) is 10.9 Å². The molecule has 0 amide bonds. The van der Waals surface area contributed by atoms with Crippen molar-refractivity contribution in [3.05, 3.63) is 52.8 Å². The first-order valence-electron chi connectivity index (χ1n) is 11.9. The molecule has 1 aliphatic heterocycles. The van der Waals surface area contributed by atoms with Crippen molar-refractivity contribution >= 4 is 5.96 Å². The van der Waals surface area contributed by atoms with Gasteiger partial charge in [0.1, 0.15) is 0 Å². The summed E-state index contributed by atoms with van der Waals surface area (Å²) in [6, 6.07) is 10.5. The van der Waals surface area contributed by atoms with Crippen LogP contribution in [0.2, 0.25) is 0 Å². The number of aromatic nitrogens is 2. The van der Waals surface area contributed by atoms with E-state index in [1.165, 1.54) is 16.8 Å². The van der Waals surface area contributed by atoms with Crippen molar-refractivity contribution in [3.63, 3.8) is 0 Å². The van der Waals surface area contributed by atoms with Crippen LogP contribution in [-0.4, -0.2) is 66.1 Å². The highest BCUT2D eigenvalue weighted by molar-refractivity contribution is 5.79. The number of nitrogens with zero attached hydrogens (tertiary/aromatic N) is 4. The fraction of sp³-hybridized carbons (Fsp3) is 0.600. The fourth-order valence-corrected chi connectivity index (χ4v) is 4.17. The molecule has 2 aromatic rings. The Morgan fingerprint density at radius 1 is 1.22 bits per heavy atom. The second kappa shape index (κ2) is 12.0. The van der Waals surface area contributed by atoms with Crippen LogP contribution in [0.4, 0.5) is 0 Å². The molecule has 2 heterocycles. The molecule has 3 rings (SSSR count). The van der Waals surface area contributed by atoms with Gasteiger partial charge in [-0.05, 0) is 32.3 Å². The largest absolute Gasteiger partial charge is 0.374 e. The quantitative estimate of drug-likeness (QED) is 0.464. The minimum absolute atomic E-state index is 0.184. The second-order valence-corrected chi connectivity index (χ2v) is 9.01. The van der Waals surface area contributed by atoms with Gasteiger partial charge in [0.15, 0.2) is 5.96 Å². The zero-order valence-corrected chi connectivity index (χ0v) is 20.4. The number of aliphatic imine (C=N–C) groups is 1. The van der Waals surface area contributed by atoms with E-state index in [4.69, 9.17) is 14.8 Å². The first-order chi connectivity index (χ1) is 15.5. The molecule has 1 unspecified atom stereocenters. The Bertz CT molecular complexity index is 861. The summed E-state index contributed by atoms with van der Waals surface area (Å²) in [5, 5.41) is 11.6. The monoisotopic (exact) mass is 440 g/mol. The minimum Gasteiger partial charge on any atom is -0.374 e. The summed E-state index contributed by atoms with van der Waals surface area (Å²) in [5.74, 6) is 1.50. The maximum atomic E-state index is 5.98. The highest BCUT2D eigenvalue weighted by Crippen LogP contribution is 2.16. The van der Waals surface area contributed by atoms with E-state index >= 15 is 0 Å². The number of aryl methyl sites for hydroxylation is 1. The van der Waals surface area contributed by atoms with Gasteiger partial charge in [-0.3, -0.25) is 9.58 Å². The smallest absolute Gasteiger partial charge is 0.191 e. The Balaban J connectivity index is 1.60. The number of nitrogens with one attached hydrogen (secondary N) is 2. The maximum Gasteiger partial charge on any atom is 0.191 e. The van der Waals surface area contributed by atoms with Gasteiger partial charge < -0.3 is 15.4 Å². The average Bonchev–Trinajstić information content (AvgIpc) is 3.03. The molecule has 176 valence electrons. The molecule has 2 N–H and O–H groups in total. The standard InChI is InChI=1S/C25H40N6O/c1-6-26-25(27-14-23-18-30(12-13-32-23)16-19(2)3)28-15-24-20(4)29-31(21(24)5)17-22-10-8-7-9-11-22/h7-11,19,23H,6,12-18H2,1-5H3,(H2,26,27,28). The maximum absolute atomic E-state index is 5.98. The first-order valence-corrected chi connectivity index (χ1v) is 11.9. The predicted molar refractivity (Wildman–Crippen MR) is 131 cm³/mol. The molecule has 0 aliphatic carbocycles. The minimum atomic E-state index is 0.184. The molecule has 0 spiro atoms. The Morgan fingerprint density at radius 2 is 2.00 bits per heavy atom. The zero-order chi connectivity index (χ0) is 22.9. The molecule has 0 radical (unpaired) electrons. The molecular weight excluding hydrogens is 400 g/mol. The van der Waals surface area contributed by atoms with E-state index in [2.05, 4.69) is 79.1 Å². The third-order valence-electron chi connectivity index (χ3n) is 5.79. The number of morpholine rings is 1. The molecule has 1 aromatic carbocycles. The number of guanidine groups is 1. The lowest BCUT2D eigenvalue weighted by Crippen LogP contribution is -2.50. The van der Waals surface area contributed by atoms with Gasteiger partial charge in [0, 0.05) is 44.0 Å². The van der Waals surface area contributed by atoms with Crippen LogP contribution in [0.3, 0.4) is 0 Å². The van der Waals surface area contributed by atoms with Gasteiger partial charge in [-0.1, -0.05) is 44.2 Å². The van der Waals surface area contributed by atoms with Crippen LogP contribution in [0, 0.1) is 19.8 Å². The van der Waals surface area contributed by atoms with Crippen LogP contribution in [0.15, 0.2) is 35.3 Å². The predicted octanol–water partition coefficient (Wildman–Crippen LogP) is 2.96. The zero-order valence-electron chi connectivity index (χ0n) is 20.4. The van der Waals surface area contributed by atoms with Crippen LogP contribution in [-0.2, 0) is 17.8 Å². The van der Waals surface area contributed by atoms with Crippen LogP contribution in [0.1, 0.15) is 43.3 Å². The Hall–Kier alpha value is -2.38. The van der Waals surface area contributed by atoms with Crippen molar-refractivity contribution < 1.29 is 4.74 Å². The van der Waals surface area contributed by atoms with E-state index in [1.54, 1.807) is 0 Å². The van der Waals surface area contributed by atoms with E-state index < -0.39 is 0 Å². The van der Waals surface area contributed by atoms with Crippen LogP contribution in [0.5, 0.6) is 0 Å². The lowest BCUT2D eigenvalue weighted by atomic mass is 10.2. The Labute approximate surface area is 193 Å². The van der Waals surface area contributed by atoms with Crippen molar-refractivity contribution in [3.8, 4) is 0 Å². The molecule has 1 aromatic heterocycles. The molecule has 1 aliphatic rings. The lowest BCUT2D eigenvalue weighted by Gasteiger charge is -2.34. The van der Waals surface area contributed by atoms with Crippen molar-refractivity contribution in [2.75, 3.05) is 39.3 Å². The summed E-state index contributed by atoms with van der Waals surface area (Å²) in [6.45, 7) is 17.7. The number of rotatable bonds is 9. The number of ether oxygens (including phenoxy) is 1. The topological polar surface area (TPSA) is 66.7 Å². The molecule has 1 fully saturated rings. The third-order valence-corrected chi connectivity index (χ3v) is 5.79. The van der Waals surface area contributed by atoms with Gasteiger partial charge >= 0.3 is 0 Å². The van der Waals surface area contributed by atoms with Crippen LogP contribution < -0.4 is 10.6 Å². The van der Waals surface area contributed by atoms with Crippen LogP contribution in [0.25, 0.3) is 0 Å². The highest BCUT2D eigenvalue weighted by Gasteiger charge is 2.21. The van der Waals surface area contributed by atoms with Gasteiger partial charge in [-0.25, -0.2) is 4.99 Å². The Kier molecular flexibility index (Phi) is 9.11. The Morgan fingerprint density at radius 3 is 2.72 bits per heavy atom. The van der Waals surface area contributed by atoms with Gasteiger partial charge in [0.05, 0.1) is 31.5 Å². The van der Waals surface area contributed by atoms with Crippen molar-refractivity contribution in [2.45, 2.75) is 53.8 Å². The number of benzene rings is 1. The number of hydrogen-bond donors (Lipinski definition) is 2. The summed E-state index contributed by atoms with van der Waals surface area (Å²) in [5.41, 5.74) is 4.65. The first kappa shape index (κ1) is 24.3.